The van der Waals surface area contributed by atoms with E-state index < -0.39 is 5.97 Å². The molecular weight excluding hydrogens is 290 g/mol. The Labute approximate surface area is 134 Å². The fourth-order valence-electron chi connectivity index (χ4n) is 2.48. The number of aromatic carboxylic acids is 1. The molecule has 0 aliphatic rings. The van der Waals surface area contributed by atoms with Crippen molar-refractivity contribution in [1.29, 1.82) is 0 Å². The molecule has 0 aliphatic heterocycles. The largest absolute Gasteiger partial charge is 0.491 e. The fraction of sp³-hybridized carbons (Fsp3) is 0.158. The maximum atomic E-state index is 11.5. The molecule has 0 saturated heterocycles. The molecule has 2 aromatic carbocycles. The number of carbonyl (C=O) groups is 1. The van der Waals surface area contributed by atoms with Crippen LogP contribution in [0.25, 0.3) is 22.2 Å². The number of carboxylic acid groups (broad SMARTS) is 1. The van der Waals surface area contributed by atoms with E-state index in [1.165, 1.54) is 0 Å². The molecule has 0 radical (unpaired) electrons. The number of rotatable bonds is 4. The fourth-order valence-corrected chi connectivity index (χ4v) is 2.48. The van der Waals surface area contributed by atoms with Crippen LogP contribution in [0, 0.1) is 0 Å². The lowest BCUT2D eigenvalue weighted by Crippen LogP contribution is -2.05. The first kappa shape index (κ1) is 15.0. The molecule has 4 nitrogen and oxygen atoms in total. The van der Waals surface area contributed by atoms with Crippen molar-refractivity contribution in [2.45, 2.75) is 20.0 Å². The Morgan fingerprint density at radius 3 is 2.43 bits per heavy atom. The third-order valence-electron chi connectivity index (χ3n) is 3.47. The van der Waals surface area contributed by atoms with Crippen molar-refractivity contribution >= 4 is 16.9 Å². The predicted octanol–water partition coefficient (Wildman–Crippen LogP) is 4.39. The molecule has 1 N–H and O–H groups in total. The minimum absolute atomic E-state index is 0.109. The number of pyridine rings is 1. The third kappa shape index (κ3) is 3.16. The molecule has 0 amide bonds. The summed E-state index contributed by atoms with van der Waals surface area (Å²) in [5.74, 6) is -0.174. The molecule has 0 unspecified atom stereocenters. The van der Waals surface area contributed by atoms with Gasteiger partial charge in [0, 0.05) is 10.9 Å². The lowest BCUT2D eigenvalue weighted by atomic mass is 10.0. The van der Waals surface area contributed by atoms with Crippen LogP contribution in [0.2, 0.25) is 0 Å². The lowest BCUT2D eigenvalue weighted by molar-refractivity contribution is 0.0699. The summed E-state index contributed by atoms with van der Waals surface area (Å²) in [5, 5.41) is 10.1. The molecule has 23 heavy (non-hydrogen) atoms. The molecular formula is C19H17NO3. The zero-order valence-electron chi connectivity index (χ0n) is 13.0. The van der Waals surface area contributed by atoms with E-state index in [0.717, 1.165) is 11.3 Å². The third-order valence-corrected chi connectivity index (χ3v) is 3.47. The van der Waals surface area contributed by atoms with E-state index in [9.17, 15) is 9.90 Å². The van der Waals surface area contributed by atoms with Gasteiger partial charge < -0.3 is 9.84 Å². The van der Waals surface area contributed by atoms with E-state index in [2.05, 4.69) is 4.98 Å². The van der Waals surface area contributed by atoms with Gasteiger partial charge in [0.1, 0.15) is 5.75 Å². The molecule has 0 fully saturated rings. The summed E-state index contributed by atoms with van der Waals surface area (Å²) in [5.41, 5.74) is 2.42. The summed E-state index contributed by atoms with van der Waals surface area (Å²) in [6.07, 6.45) is 0.109. The maximum Gasteiger partial charge on any atom is 0.336 e. The van der Waals surface area contributed by atoms with Gasteiger partial charge in [-0.3, -0.25) is 0 Å². The summed E-state index contributed by atoms with van der Waals surface area (Å²) in [4.78, 5) is 16.1. The second kappa shape index (κ2) is 6.08. The van der Waals surface area contributed by atoms with Crippen molar-refractivity contribution in [2.75, 3.05) is 0 Å². The minimum atomic E-state index is -0.954. The van der Waals surface area contributed by atoms with Crippen LogP contribution < -0.4 is 4.74 Å². The number of fused-ring (bicyclic) bond motifs is 1. The minimum Gasteiger partial charge on any atom is -0.491 e. The van der Waals surface area contributed by atoms with Crippen LogP contribution in [-0.4, -0.2) is 22.2 Å². The van der Waals surface area contributed by atoms with Crippen LogP contribution in [0.5, 0.6) is 5.75 Å². The molecule has 0 bridgehead atoms. The SMILES string of the molecule is CC(C)Oc1ccc(-c2cc(C(=O)O)c3ccccc3n2)cc1. The van der Waals surface area contributed by atoms with E-state index in [1.54, 1.807) is 12.1 Å². The Kier molecular flexibility index (Phi) is 3.98. The quantitative estimate of drug-likeness (QED) is 0.776. The average molecular weight is 307 g/mol. The first-order valence-corrected chi connectivity index (χ1v) is 7.45. The normalized spacial score (nSPS) is 10.9. The van der Waals surface area contributed by atoms with Gasteiger partial charge in [0.05, 0.1) is 22.9 Å². The van der Waals surface area contributed by atoms with Crippen molar-refractivity contribution in [3.05, 3.63) is 60.2 Å². The monoisotopic (exact) mass is 307 g/mol. The van der Waals surface area contributed by atoms with Crippen LogP contribution in [-0.2, 0) is 0 Å². The van der Waals surface area contributed by atoms with Crippen molar-refractivity contribution < 1.29 is 14.6 Å². The van der Waals surface area contributed by atoms with Gasteiger partial charge in [0.2, 0.25) is 0 Å². The summed E-state index contributed by atoms with van der Waals surface area (Å²) < 4.78 is 5.62. The number of ether oxygens (including phenoxy) is 1. The Morgan fingerprint density at radius 1 is 1.09 bits per heavy atom. The molecule has 3 rings (SSSR count). The topological polar surface area (TPSA) is 59.4 Å². The highest BCUT2D eigenvalue weighted by atomic mass is 16.5. The second-order valence-electron chi connectivity index (χ2n) is 5.57. The molecule has 0 spiro atoms. The maximum absolute atomic E-state index is 11.5. The predicted molar refractivity (Wildman–Crippen MR) is 89.9 cm³/mol. The van der Waals surface area contributed by atoms with Crippen LogP contribution in [0.1, 0.15) is 24.2 Å². The number of benzene rings is 2. The highest BCUT2D eigenvalue weighted by Crippen LogP contribution is 2.26. The molecule has 1 heterocycles. The Morgan fingerprint density at radius 2 is 1.78 bits per heavy atom. The first-order chi connectivity index (χ1) is 11.0. The zero-order valence-corrected chi connectivity index (χ0v) is 13.0. The van der Waals surface area contributed by atoms with Gasteiger partial charge in [-0.25, -0.2) is 9.78 Å². The van der Waals surface area contributed by atoms with Gasteiger partial charge in [0.15, 0.2) is 0 Å². The van der Waals surface area contributed by atoms with Crippen LogP contribution in [0.4, 0.5) is 0 Å². The summed E-state index contributed by atoms with van der Waals surface area (Å²) in [6, 6.07) is 16.4. The number of aromatic nitrogens is 1. The van der Waals surface area contributed by atoms with E-state index in [4.69, 9.17) is 4.74 Å². The Hall–Kier alpha value is -2.88. The number of hydrogen-bond acceptors (Lipinski definition) is 3. The molecule has 4 heteroatoms. The number of carboxylic acids is 1. The van der Waals surface area contributed by atoms with Gasteiger partial charge in [-0.2, -0.15) is 0 Å². The second-order valence-corrected chi connectivity index (χ2v) is 5.57. The van der Waals surface area contributed by atoms with E-state index >= 15 is 0 Å². The van der Waals surface area contributed by atoms with Gasteiger partial charge in [-0.05, 0) is 50.2 Å². The Balaban J connectivity index is 2.07. The standard InChI is InChI=1S/C19H17NO3/c1-12(2)23-14-9-7-13(8-10-14)18-11-16(19(21)22)15-5-3-4-6-17(15)20-18/h3-12H,1-2H3,(H,21,22). The molecule has 0 aliphatic carbocycles. The number of nitrogens with zero attached hydrogens (tertiary/aromatic N) is 1. The number of para-hydroxylation sites is 1. The highest BCUT2D eigenvalue weighted by molar-refractivity contribution is 6.03. The highest BCUT2D eigenvalue weighted by Gasteiger charge is 2.12. The molecule has 0 atom stereocenters. The molecule has 0 saturated carbocycles. The van der Waals surface area contributed by atoms with E-state index in [-0.39, 0.29) is 11.7 Å². The van der Waals surface area contributed by atoms with Gasteiger partial charge in [-0.15, -0.1) is 0 Å². The van der Waals surface area contributed by atoms with E-state index in [0.29, 0.717) is 16.6 Å². The molecule has 116 valence electrons. The Bertz CT molecular complexity index is 854. The summed E-state index contributed by atoms with van der Waals surface area (Å²) in [7, 11) is 0. The van der Waals surface area contributed by atoms with Crippen LogP contribution in [0.15, 0.2) is 54.6 Å². The smallest absolute Gasteiger partial charge is 0.336 e. The van der Waals surface area contributed by atoms with Crippen molar-refractivity contribution in [3.8, 4) is 17.0 Å². The van der Waals surface area contributed by atoms with Crippen molar-refractivity contribution in [1.82, 2.24) is 4.98 Å². The zero-order chi connectivity index (χ0) is 16.4. The summed E-state index contributed by atoms with van der Waals surface area (Å²) >= 11 is 0. The van der Waals surface area contributed by atoms with Crippen LogP contribution in [0.3, 0.4) is 0 Å². The van der Waals surface area contributed by atoms with Crippen molar-refractivity contribution in [2.24, 2.45) is 0 Å². The van der Waals surface area contributed by atoms with Gasteiger partial charge in [0.25, 0.3) is 0 Å². The number of hydrogen-bond donors (Lipinski definition) is 1. The van der Waals surface area contributed by atoms with Gasteiger partial charge >= 0.3 is 5.97 Å². The first-order valence-electron chi connectivity index (χ1n) is 7.45. The molecule has 1 aromatic heterocycles. The molecule has 3 aromatic rings. The summed E-state index contributed by atoms with van der Waals surface area (Å²) in [6.45, 7) is 3.94. The van der Waals surface area contributed by atoms with Crippen molar-refractivity contribution in [3.63, 3.8) is 0 Å². The van der Waals surface area contributed by atoms with Gasteiger partial charge in [-0.1, -0.05) is 18.2 Å². The van der Waals surface area contributed by atoms with E-state index in [1.807, 2.05) is 56.3 Å². The lowest BCUT2D eigenvalue weighted by Gasteiger charge is -2.11. The van der Waals surface area contributed by atoms with Crippen LogP contribution >= 0.6 is 0 Å². The average Bonchev–Trinajstić information content (AvgIpc) is 2.54.